The van der Waals surface area contributed by atoms with Gasteiger partial charge in [-0.1, -0.05) is 17.7 Å². The smallest absolute Gasteiger partial charge is 0.322 e. The van der Waals surface area contributed by atoms with Crippen molar-refractivity contribution in [1.29, 1.82) is 0 Å². The van der Waals surface area contributed by atoms with Gasteiger partial charge in [0.05, 0.1) is 4.90 Å². The molecule has 2 aromatic carbocycles. The zero-order chi connectivity index (χ0) is 18.7. The fourth-order valence-corrected chi connectivity index (χ4v) is 3.43. The van der Waals surface area contributed by atoms with E-state index in [1.165, 1.54) is 18.2 Å². The molecule has 1 saturated heterocycles. The molecule has 8 nitrogen and oxygen atoms in total. The lowest BCUT2D eigenvalue weighted by atomic mass is 10.3. The summed E-state index contributed by atoms with van der Waals surface area (Å²) >= 11 is 5.81. The summed E-state index contributed by atoms with van der Waals surface area (Å²) in [6, 6.07) is 10.9. The van der Waals surface area contributed by atoms with Gasteiger partial charge < -0.3 is 10.1 Å². The Labute approximate surface area is 154 Å². The molecular formula is C16H14ClN3O5S. The van der Waals surface area contributed by atoms with Crippen LogP contribution in [0.25, 0.3) is 0 Å². The van der Waals surface area contributed by atoms with Gasteiger partial charge in [0, 0.05) is 17.6 Å². The first-order valence-electron chi connectivity index (χ1n) is 7.48. The van der Waals surface area contributed by atoms with Crippen molar-refractivity contribution in [2.75, 3.05) is 6.54 Å². The summed E-state index contributed by atoms with van der Waals surface area (Å²) in [6.07, 6.45) is 0. The van der Waals surface area contributed by atoms with Crippen molar-refractivity contribution in [2.24, 2.45) is 0 Å². The van der Waals surface area contributed by atoms with Crippen LogP contribution in [0.1, 0.15) is 0 Å². The van der Waals surface area contributed by atoms with Gasteiger partial charge in [0.15, 0.2) is 0 Å². The molecule has 1 aliphatic rings. The van der Waals surface area contributed by atoms with Crippen molar-refractivity contribution in [3.8, 4) is 11.5 Å². The molecule has 0 unspecified atom stereocenters. The lowest BCUT2D eigenvalue weighted by Crippen LogP contribution is -2.41. The normalized spacial score (nSPS) is 16.9. The molecule has 0 aromatic heterocycles. The number of carbonyl (C=O) groups is 2. The van der Waals surface area contributed by atoms with Crippen LogP contribution >= 0.6 is 11.6 Å². The van der Waals surface area contributed by atoms with Crippen LogP contribution in [0.5, 0.6) is 11.5 Å². The van der Waals surface area contributed by atoms with E-state index in [0.29, 0.717) is 16.5 Å². The number of amides is 3. The molecule has 26 heavy (non-hydrogen) atoms. The van der Waals surface area contributed by atoms with E-state index in [4.69, 9.17) is 16.3 Å². The highest BCUT2D eigenvalue weighted by Crippen LogP contribution is 2.25. The standard InChI is InChI=1S/C16H14ClN3O5S/c17-10-4-6-11(7-5-10)25-12-2-1-3-13(8-12)26(23,24)18-9-14-15(21)20-16(22)19-14/h1-8,14,18H,9H2,(H2,19,20,21,22)/t14-/m0/s1. The molecule has 0 saturated carbocycles. The predicted octanol–water partition coefficient (Wildman–Crippen LogP) is 1.62. The number of sulfonamides is 1. The third-order valence-electron chi connectivity index (χ3n) is 3.50. The summed E-state index contributed by atoms with van der Waals surface area (Å²) in [5.74, 6) is 0.238. The maximum atomic E-state index is 12.4. The van der Waals surface area contributed by atoms with E-state index in [2.05, 4.69) is 10.0 Å². The van der Waals surface area contributed by atoms with Crippen LogP contribution in [-0.4, -0.2) is 32.9 Å². The fourth-order valence-electron chi connectivity index (χ4n) is 2.22. The average molecular weight is 396 g/mol. The fraction of sp³-hybridized carbons (Fsp3) is 0.125. The molecule has 1 aliphatic heterocycles. The van der Waals surface area contributed by atoms with Crippen molar-refractivity contribution in [3.05, 3.63) is 53.6 Å². The highest BCUT2D eigenvalue weighted by atomic mass is 35.5. The van der Waals surface area contributed by atoms with E-state index in [9.17, 15) is 18.0 Å². The lowest BCUT2D eigenvalue weighted by molar-refractivity contribution is -0.120. The van der Waals surface area contributed by atoms with E-state index in [0.717, 1.165) is 0 Å². The molecule has 0 spiro atoms. The number of benzene rings is 2. The van der Waals surface area contributed by atoms with Gasteiger partial charge in [-0.15, -0.1) is 0 Å². The van der Waals surface area contributed by atoms with Crippen molar-refractivity contribution in [1.82, 2.24) is 15.4 Å². The van der Waals surface area contributed by atoms with E-state index in [1.807, 2.05) is 5.32 Å². The number of urea groups is 1. The minimum Gasteiger partial charge on any atom is -0.457 e. The second kappa shape index (κ2) is 7.32. The minimum atomic E-state index is -3.89. The van der Waals surface area contributed by atoms with Crippen LogP contribution in [-0.2, 0) is 14.8 Å². The number of rotatable bonds is 6. The van der Waals surface area contributed by atoms with Crippen LogP contribution < -0.4 is 20.1 Å². The van der Waals surface area contributed by atoms with E-state index in [1.54, 1.807) is 30.3 Å². The van der Waals surface area contributed by atoms with Gasteiger partial charge in [0.25, 0.3) is 5.91 Å². The number of imide groups is 1. The molecule has 3 N–H and O–H groups in total. The second-order valence-electron chi connectivity index (χ2n) is 5.40. The summed E-state index contributed by atoms with van der Waals surface area (Å²) in [5, 5.41) is 4.90. The van der Waals surface area contributed by atoms with Gasteiger partial charge in [-0.2, -0.15) is 0 Å². The number of nitrogens with one attached hydrogen (secondary N) is 3. The lowest BCUT2D eigenvalue weighted by Gasteiger charge is -2.11. The summed E-state index contributed by atoms with van der Waals surface area (Å²) in [5.41, 5.74) is 0. The second-order valence-corrected chi connectivity index (χ2v) is 7.60. The highest BCUT2D eigenvalue weighted by Gasteiger charge is 2.30. The van der Waals surface area contributed by atoms with E-state index >= 15 is 0 Å². The van der Waals surface area contributed by atoms with Crippen LogP contribution in [0, 0.1) is 0 Å². The molecule has 1 heterocycles. The van der Waals surface area contributed by atoms with Gasteiger partial charge in [0.2, 0.25) is 10.0 Å². The van der Waals surface area contributed by atoms with Gasteiger partial charge in [0.1, 0.15) is 17.5 Å². The molecule has 0 radical (unpaired) electrons. The Kier molecular flexibility index (Phi) is 5.12. The summed E-state index contributed by atoms with van der Waals surface area (Å²) in [4.78, 5) is 22.5. The zero-order valence-electron chi connectivity index (χ0n) is 13.2. The van der Waals surface area contributed by atoms with Crippen molar-refractivity contribution in [3.63, 3.8) is 0 Å². The van der Waals surface area contributed by atoms with E-state index < -0.39 is 28.0 Å². The molecule has 1 atom stereocenters. The molecule has 136 valence electrons. The Morgan fingerprint density at radius 3 is 2.46 bits per heavy atom. The van der Waals surface area contributed by atoms with Crippen molar-refractivity contribution >= 4 is 33.6 Å². The summed E-state index contributed by atoms with van der Waals surface area (Å²) in [7, 11) is -3.89. The monoisotopic (exact) mass is 395 g/mol. The first-order valence-corrected chi connectivity index (χ1v) is 9.34. The Morgan fingerprint density at radius 2 is 1.81 bits per heavy atom. The van der Waals surface area contributed by atoms with Gasteiger partial charge in [-0.25, -0.2) is 17.9 Å². The van der Waals surface area contributed by atoms with Crippen LogP contribution in [0.15, 0.2) is 53.4 Å². The largest absolute Gasteiger partial charge is 0.457 e. The maximum absolute atomic E-state index is 12.4. The molecule has 0 aliphatic carbocycles. The first kappa shape index (κ1) is 18.2. The molecule has 1 fully saturated rings. The third kappa shape index (κ3) is 4.31. The molecular weight excluding hydrogens is 382 g/mol. The zero-order valence-corrected chi connectivity index (χ0v) is 14.8. The maximum Gasteiger partial charge on any atom is 0.322 e. The topological polar surface area (TPSA) is 114 Å². The Hall–Kier alpha value is -2.62. The number of ether oxygens (including phenoxy) is 1. The average Bonchev–Trinajstić information content (AvgIpc) is 2.93. The Bertz CT molecular complexity index is 947. The molecule has 10 heteroatoms. The number of hydrogen-bond acceptors (Lipinski definition) is 5. The summed E-state index contributed by atoms with van der Waals surface area (Å²) < 4.78 is 32.7. The van der Waals surface area contributed by atoms with E-state index in [-0.39, 0.29) is 11.4 Å². The summed E-state index contributed by atoms with van der Waals surface area (Å²) in [6.45, 7) is -0.262. The quantitative estimate of drug-likeness (QED) is 0.643. The SMILES string of the molecule is O=C1NC(=O)[C@H](CNS(=O)(=O)c2cccc(Oc3ccc(Cl)cc3)c2)N1. The Morgan fingerprint density at radius 1 is 1.08 bits per heavy atom. The minimum absolute atomic E-state index is 0.0336. The van der Waals surface area contributed by atoms with Crippen LogP contribution in [0.3, 0.4) is 0 Å². The molecule has 3 amide bonds. The molecule has 3 rings (SSSR count). The first-order chi connectivity index (χ1) is 12.3. The van der Waals surface area contributed by atoms with Crippen LogP contribution in [0.4, 0.5) is 4.79 Å². The molecule has 0 bridgehead atoms. The molecule has 2 aromatic rings. The number of halogens is 1. The van der Waals surface area contributed by atoms with Crippen LogP contribution in [0.2, 0.25) is 5.02 Å². The number of carbonyl (C=O) groups excluding carboxylic acids is 2. The predicted molar refractivity (Wildman–Crippen MR) is 93.6 cm³/mol. The van der Waals surface area contributed by atoms with Gasteiger partial charge in [-0.05, 0) is 36.4 Å². The van der Waals surface area contributed by atoms with Crippen molar-refractivity contribution in [2.45, 2.75) is 10.9 Å². The van der Waals surface area contributed by atoms with Gasteiger partial charge in [-0.3, -0.25) is 10.1 Å². The third-order valence-corrected chi connectivity index (χ3v) is 5.17. The van der Waals surface area contributed by atoms with Crippen molar-refractivity contribution < 1.29 is 22.7 Å². The van der Waals surface area contributed by atoms with Gasteiger partial charge >= 0.3 is 6.03 Å². The Balaban J connectivity index is 1.70. The number of hydrogen-bond donors (Lipinski definition) is 3. The highest BCUT2D eigenvalue weighted by molar-refractivity contribution is 7.89.